The van der Waals surface area contributed by atoms with Crippen molar-refractivity contribution in [3.05, 3.63) is 52.9 Å². The maximum absolute atomic E-state index is 9.33. The van der Waals surface area contributed by atoms with Gasteiger partial charge in [0.05, 0.1) is 12.9 Å². The third kappa shape index (κ3) is 3.89. The highest BCUT2D eigenvalue weighted by Gasteiger charge is 2.11. The van der Waals surface area contributed by atoms with Crippen molar-refractivity contribution in [3.8, 4) is 5.75 Å². The summed E-state index contributed by atoms with van der Waals surface area (Å²) < 4.78 is 11.9. The van der Waals surface area contributed by atoms with Crippen molar-refractivity contribution < 1.29 is 14.3 Å². The first-order valence-corrected chi connectivity index (χ1v) is 6.59. The van der Waals surface area contributed by atoms with Crippen molar-refractivity contribution >= 4 is 15.9 Å². The Labute approximate surface area is 115 Å². The fourth-order valence-electron chi connectivity index (χ4n) is 1.66. The van der Waals surface area contributed by atoms with E-state index in [0.717, 1.165) is 16.0 Å². The highest BCUT2D eigenvalue weighted by Crippen LogP contribution is 2.19. The van der Waals surface area contributed by atoms with Gasteiger partial charge in [0.25, 0.3) is 0 Å². The van der Waals surface area contributed by atoms with Crippen LogP contribution in [0.5, 0.6) is 5.75 Å². The van der Waals surface area contributed by atoms with E-state index < -0.39 is 0 Å². The van der Waals surface area contributed by atoms with Crippen molar-refractivity contribution in [1.29, 1.82) is 0 Å². The van der Waals surface area contributed by atoms with Crippen molar-refractivity contribution in [2.75, 3.05) is 13.2 Å². The molecule has 18 heavy (non-hydrogen) atoms. The van der Waals surface area contributed by atoms with Gasteiger partial charge in [0.1, 0.15) is 11.5 Å². The molecule has 0 aliphatic heterocycles. The van der Waals surface area contributed by atoms with Crippen LogP contribution >= 0.6 is 15.9 Å². The zero-order chi connectivity index (χ0) is 12.8. The highest BCUT2D eigenvalue weighted by molar-refractivity contribution is 9.10. The number of hydrogen-bond donors (Lipinski definition) is 1. The number of aliphatic hydroxyl groups is 1. The van der Waals surface area contributed by atoms with Gasteiger partial charge in [0, 0.05) is 23.4 Å². The van der Waals surface area contributed by atoms with Crippen LogP contribution in [-0.4, -0.2) is 18.3 Å². The van der Waals surface area contributed by atoms with Crippen LogP contribution < -0.4 is 4.74 Å². The van der Waals surface area contributed by atoms with Crippen LogP contribution in [0.4, 0.5) is 0 Å². The summed E-state index contributed by atoms with van der Waals surface area (Å²) in [6, 6.07) is 11.4. The van der Waals surface area contributed by atoms with Crippen molar-refractivity contribution in [2.45, 2.75) is 6.42 Å². The number of benzene rings is 1. The monoisotopic (exact) mass is 310 g/mol. The average molecular weight is 311 g/mol. The topological polar surface area (TPSA) is 42.6 Å². The first-order chi connectivity index (χ1) is 8.78. The van der Waals surface area contributed by atoms with E-state index in [1.54, 1.807) is 6.26 Å². The molecule has 3 nitrogen and oxygen atoms in total. The van der Waals surface area contributed by atoms with Crippen LogP contribution in [0.2, 0.25) is 0 Å². The Morgan fingerprint density at radius 3 is 2.83 bits per heavy atom. The molecule has 0 bridgehead atoms. The Morgan fingerprint density at radius 2 is 2.17 bits per heavy atom. The second-order valence-corrected chi connectivity index (χ2v) is 5.02. The van der Waals surface area contributed by atoms with Gasteiger partial charge in [-0.25, -0.2) is 0 Å². The Bertz CT molecular complexity index is 468. The molecular weight excluding hydrogens is 296 g/mol. The lowest BCUT2D eigenvalue weighted by atomic mass is 10.1. The third-order valence-electron chi connectivity index (χ3n) is 2.61. The van der Waals surface area contributed by atoms with Crippen LogP contribution in [0, 0.1) is 5.92 Å². The van der Waals surface area contributed by atoms with Crippen LogP contribution in [0.15, 0.2) is 51.6 Å². The number of furan rings is 1. The van der Waals surface area contributed by atoms with Gasteiger partial charge in [-0.2, -0.15) is 0 Å². The summed E-state index contributed by atoms with van der Waals surface area (Å²) in [6.07, 6.45) is 2.32. The molecule has 1 atom stereocenters. The summed E-state index contributed by atoms with van der Waals surface area (Å²) in [5.74, 6) is 1.70. The molecule has 1 N–H and O–H groups in total. The van der Waals surface area contributed by atoms with E-state index in [1.165, 1.54) is 0 Å². The Hall–Kier alpha value is -1.26. The quantitative estimate of drug-likeness (QED) is 0.890. The molecule has 2 rings (SSSR count). The molecule has 0 saturated heterocycles. The second-order valence-electron chi connectivity index (χ2n) is 4.10. The number of ether oxygens (including phenoxy) is 1. The van der Waals surface area contributed by atoms with Crippen LogP contribution in [-0.2, 0) is 6.42 Å². The summed E-state index contributed by atoms with van der Waals surface area (Å²) >= 11 is 3.39. The SMILES string of the molecule is OCC(COc1cccc(Br)c1)Cc1ccco1. The lowest BCUT2D eigenvalue weighted by Crippen LogP contribution is -2.18. The zero-order valence-electron chi connectivity index (χ0n) is 9.88. The lowest BCUT2D eigenvalue weighted by molar-refractivity contribution is 0.158. The van der Waals surface area contributed by atoms with E-state index in [1.807, 2.05) is 36.4 Å². The first-order valence-electron chi connectivity index (χ1n) is 5.79. The summed E-state index contributed by atoms with van der Waals surface area (Å²) in [4.78, 5) is 0. The van der Waals surface area contributed by atoms with Gasteiger partial charge in [0.2, 0.25) is 0 Å². The predicted molar refractivity (Wildman–Crippen MR) is 72.6 cm³/mol. The minimum absolute atomic E-state index is 0.0372. The maximum atomic E-state index is 9.33. The second kappa shape index (κ2) is 6.61. The van der Waals surface area contributed by atoms with Gasteiger partial charge in [-0.1, -0.05) is 22.0 Å². The molecule has 1 unspecified atom stereocenters. The minimum Gasteiger partial charge on any atom is -0.493 e. The number of halogens is 1. The molecule has 0 aliphatic rings. The van der Waals surface area contributed by atoms with Crippen molar-refractivity contribution in [3.63, 3.8) is 0 Å². The van der Waals surface area contributed by atoms with Gasteiger partial charge in [-0.3, -0.25) is 0 Å². The summed E-state index contributed by atoms with van der Waals surface area (Å²) in [5, 5.41) is 9.33. The maximum Gasteiger partial charge on any atom is 0.120 e. The fraction of sp³-hybridized carbons (Fsp3) is 0.286. The number of rotatable bonds is 6. The van der Waals surface area contributed by atoms with E-state index in [4.69, 9.17) is 9.15 Å². The van der Waals surface area contributed by atoms with E-state index >= 15 is 0 Å². The van der Waals surface area contributed by atoms with Crippen LogP contribution in [0.3, 0.4) is 0 Å². The third-order valence-corrected chi connectivity index (χ3v) is 3.10. The van der Waals surface area contributed by atoms with Crippen LogP contribution in [0.1, 0.15) is 5.76 Å². The highest BCUT2D eigenvalue weighted by atomic mass is 79.9. The first kappa shape index (κ1) is 13.2. The van der Waals surface area contributed by atoms with Gasteiger partial charge in [0.15, 0.2) is 0 Å². The van der Waals surface area contributed by atoms with E-state index in [-0.39, 0.29) is 12.5 Å². The molecule has 2 aromatic rings. The van der Waals surface area contributed by atoms with Gasteiger partial charge < -0.3 is 14.3 Å². The number of aliphatic hydroxyl groups excluding tert-OH is 1. The molecule has 96 valence electrons. The van der Waals surface area contributed by atoms with Gasteiger partial charge >= 0.3 is 0 Å². The molecule has 0 amide bonds. The van der Waals surface area contributed by atoms with Gasteiger partial charge in [-0.05, 0) is 30.3 Å². The summed E-state index contributed by atoms with van der Waals surface area (Å²) in [5.41, 5.74) is 0. The summed E-state index contributed by atoms with van der Waals surface area (Å²) in [6.45, 7) is 0.544. The molecule has 4 heteroatoms. The smallest absolute Gasteiger partial charge is 0.120 e. The van der Waals surface area contributed by atoms with E-state index in [0.29, 0.717) is 13.0 Å². The lowest BCUT2D eigenvalue weighted by Gasteiger charge is -2.14. The average Bonchev–Trinajstić information content (AvgIpc) is 2.87. The Kier molecular flexibility index (Phi) is 4.84. The molecule has 0 aliphatic carbocycles. The predicted octanol–water partition coefficient (Wildman–Crippen LogP) is 3.27. The molecule has 1 aromatic carbocycles. The normalized spacial score (nSPS) is 12.3. The van der Waals surface area contributed by atoms with E-state index in [2.05, 4.69) is 15.9 Å². The van der Waals surface area contributed by atoms with Crippen LogP contribution in [0.25, 0.3) is 0 Å². The molecule has 0 saturated carbocycles. The molecular formula is C14H15BrO3. The molecule has 0 radical (unpaired) electrons. The standard InChI is InChI=1S/C14H15BrO3/c15-12-3-1-4-14(8-12)18-10-11(9-16)7-13-5-2-6-17-13/h1-6,8,11,16H,7,9-10H2. The molecule has 1 aromatic heterocycles. The largest absolute Gasteiger partial charge is 0.493 e. The number of hydrogen-bond acceptors (Lipinski definition) is 3. The van der Waals surface area contributed by atoms with Gasteiger partial charge in [-0.15, -0.1) is 0 Å². The zero-order valence-corrected chi connectivity index (χ0v) is 11.5. The molecule has 0 fully saturated rings. The fourth-order valence-corrected chi connectivity index (χ4v) is 2.04. The Balaban J connectivity index is 1.87. The molecule has 0 spiro atoms. The minimum atomic E-state index is 0.0372. The molecule has 1 heterocycles. The Morgan fingerprint density at radius 1 is 1.28 bits per heavy atom. The van der Waals surface area contributed by atoms with Crippen molar-refractivity contribution in [1.82, 2.24) is 0 Å². The summed E-state index contributed by atoms with van der Waals surface area (Å²) in [7, 11) is 0. The van der Waals surface area contributed by atoms with E-state index in [9.17, 15) is 5.11 Å². The van der Waals surface area contributed by atoms with Crippen molar-refractivity contribution in [2.24, 2.45) is 5.92 Å².